The van der Waals surface area contributed by atoms with Crippen molar-refractivity contribution in [2.45, 2.75) is 12.5 Å². The van der Waals surface area contributed by atoms with Crippen molar-refractivity contribution in [1.29, 1.82) is 0 Å². The van der Waals surface area contributed by atoms with Gasteiger partial charge >= 0.3 is 0 Å². The number of hydrogen-bond acceptors (Lipinski definition) is 2. The third-order valence-electron chi connectivity index (χ3n) is 4.97. The highest BCUT2D eigenvalue weighted by Crippen LogP contribution is 2.27. The SMILES string of the molecule is CN1C(=O)C(Cc2cccc(-c3ccccc3)c2)NC(=O)c2cc(Cl)ccc21. The lowest BCUT2D eigenvalue weighted by molar-refractivity contribution is -0.120. The molecule has 0 spiro atoms. The second-order valence-corrected chi connectivity index (χ2v) is 7.29. The van der Waals surface area contributed by atoms with Crippen molar-refractivity contribution in [3.05, 3.63) is 88.9 Å². The first-order valence-corrected chi connectivity index (χ1v) is 9.43. The summed E-state index contributed by atoms with van der Waals surface area (Å²) in [6.07, 6.45) is 0.414. The first-order valence-electron chi connectivity index (χ1n) is 9.05. The fourth-order valence-electron chi connectivity index (χ4n) is 3.52. The van der Waals surface area contributed by atoms with E-state index in [1.54, 1.807) is 25.2 Å². The molecule has 4 nitrogen and oxygen atoms in total. The minimum Gasteiger partial charge on any atom is -0.340 e. The summed E-state index contributed by atoms with van der Waals surface area (Å²) >= 11 is 6.04. The summed E-state index contributed by atoms with van der Waals surface area (Å²) in [5, 5.41) is 3.32. The van der Waals surface area contributed by atoms with Gasteiger partial charge < -0.3 is 10.2 Å². The highest BCUT2D eigenvalue weighted by Gasteiger charge is 2.32. The summed E-state index contributed by atoms with van der Waals surface area (Å²) in [5.41, 5.74) is 4.14. The largest absolute Gasteiger partial charge is 0.340 e. The zero-order chi connectivity index (χ0) is 19.7. The molecular formula is C23H19ClN2O2. The van der Waals surface area contributed by atoms with Crippen LogP contribution in [0.2, 0.25) is 5.02 Å². The Kier molecular flexibility index (Phi) is 4.88. The number of nitrogens with zero attached hydrogens (tertiary/aromatic N) is 1. The summed E-state index contributed by atoms with van der Waals surface area (Å²) in [5.74, 6) is -0.445. The molecule has 4 rings (SSSR count). The van der Waals surface area contributed by atoms with Crippen molar-refractivity contribution < 1.29 is 9.59 Å². The number of carbonyl (C=O) groups is 2. The van der Waals surface area contributed by atoms with Crippen LogP contribution in [-0.2, 0) is 11.2 Å². The average Bonchev–Trinajstić information content (AvgIpc) is 2.80. The van der Waals surface area contributed by atoms with Gasteiger partial charge in [-0.05, 0) is 34.9 Å². The second kappa shape index (κ2) is 7.49. The summed E-state index contributed by atoms with van der Waals surface area (Å²) in [7, 11) is 1.68. The molecule has 0 aromatic heterocycles. The van der Waals surface area contributed by atoms with Crippen LogP contribution in [0.4, 0.5) is 5.69 Å². The Bertz CT molecular complexity index is 1050. The molecule has 3 aromatic carbocycles. The molecule has 3 aromatic rings. The van der Waals surface area contributed by atoms with Crippen LogP contribution in [0.1, 0.15) is 15.9 Å². The van der Waals surface area contributed by atoms with Crippen LogP contribution in [0.3, 0.4) is 0 Å². The number of carbonyl (C=O) groups excluding carboxylic acids is 2. The third-order valence-corrected chi connectivity index (χ3v) is 5.21. The maximum Gasteiger partial charge on any atom is 0.254 e. The molecule has 28 heavy (non-hydrogen) atoms. The van der Waals surface area contributed by atoms with Crippen LogP contribution >= 0.6 is 11.6 Å². The van der Waals surface area contributed by atoms with Crippen molar-refractivity contribution in [2.75, 3.05) is 11.9 Å². The topological polar surface area (TPSA) is 49.4 Å². The van der Waals surface area contributed by atoms with Gasteiger partial charge in [0.05, 0.1) is 11.3 Å². The summed E-state index contributed by atoms with van der Waals surface area (Å²) in [6.45, 7) is 0. The number of likely N-dealkylation sites (N-methyl/N-ethyl adjacent to an activating group) is 1. The van der Waals surface area contributed by atoms with Crippen LogP contribution in [0.5, 0.6) is 0 Å². The molecule has 0 aliphatic carbocycles. The maximum atomic E-state index is 13.0. The van der Waals surface area contributed by atoms with E-state index in [0.717, 1.165) is 16.7 Å². The predicted molar refractivity (Wildman–Crippen MR) is 112 cm³/mol. The molecule has 1 unspecified atom stereocenters. The minimum atomic E-state index is -0.644. The van der Waals surface area contributed by atoms with E-state index in [1.165, 1.54) is 4.90 Å². The van der Waals surface area contributed by atoms with Crippen LogP contribution in [0.25, 0.3) is 11.1 Å². The number of amides is 2. The molecule has 2 amide bonds. The van der Waals surface area contributed by atoms with Gasteiger partial charge in [0.1, 0.15) is 6.04 Å². The maximum absolute atomic E-state index is 13.0. The van der Waals surface area contributed by atoms with Gasteiger partial charge in [0.2, 0.25) is 5.91 Å². The number of rotatable bonds is 3. The first-order chi connectivity index (χ1) is 13.5. The molecule has 1 aliphatic heterocycles. The monoisotopic (exact) mass is 390 g/mol. The Labute approximate surface area is 168 Å². The van der Waals surface area contributed by atoms with Crippen LogP contribution in [0.15, 0.2) is 72.8 Å². The molecule has 0 saturated heterocycles. The summed E-state index contributed by atoms with van der Waals surface area (Å²) in [6, 6.07) is 22.4. The van der Waals surface area contributed by atoms with E-state index in [4.69, 9.17) is 11.6 Å². The molecule has 1 aliphatic rings. The number of hydrogen-bond donors (Lipinski definition) is 1. The molecule has 1 N–H and O–H groups in total. The summed E-state index contributed by atoms with van der Waals surface area (Å²) < 4.78 is 0. The second-order valence-electron chi connectivity index (χ2n) is 6.86. The molecule has 1 heterocycles. The third kappa shape index (κ3) is 3.51. The first kappa shape index (κ1) is 18.3. The molecule has 0 radical (unpaired) electrons. The summed E-state index contributed by atoms with van der Waals surface area (Å²) in [4.78, 5) is 27.2. The van der Waals surface area contributed by atoms with E-state index >= 15 is 0 Å². The van der Waals surface area contributed by atoms with Crippen molar-refractivity contribution in [1.82, 2.24) is 5.32 Å². The Hall–Kier alpha value is -3.11. The van der Waals surface area contributed by atoms with E-state index in [2.05, 4.69) is 11.4 Å². The Morgan fingerprint density at radius 3 is 2.46 bits per heavy atom. The van der Waals surface area contributed by atoms with E-state index in [1.807, 2.05) is 48.5 Å². The van der Waals surface area contributed by atoms with Gasteiger partial charge in [0.15, 0.2) is 0 Å². The van der Waals surface area contributed by atoms with E-state index in [9.17, 15) is 9.59 Å². The number of nitrogens with one attached hydrogen (secondary N) is 1. The van der Waals surface area contributed by atoms with Crippen molar-refractivity contribution in [3.8, 4) is 11.1 Å². The Balaban J connectivity index is 1.63. The lowest BCUT2D eigenvalue weighted by atomic mass is 9.99. The zero-order valence-corrected chi connectivity index (χ0v) is 16.1. The number of fused-ring (bicyclic) bond motifs is 1. The van der Waals surface area contributed by atoms with Crippen molar-refractivity contribution >= 4 is 29.1 Å². The highest BCUT2D eigenvalue weighted by atomic mass is 35.5. The lowest BCUT2D eigenvalue weighted by Crippen LogP contribution is -2.45. The molecule has 5 heteroatoms. The zero-order valence-electron chi connectivity index (χ0n) is 15.4. The molecule has 0 bridgehead atoms. The Morgan fingerprint density at radius 2 is 1.68 bits per heavy atom. The van der Waals surface area contributed by atoms with Gasteiger partial charge in [-0.2, -0.15) is 0 Å². The van der Waals surface area contributed by atoms with E-state index < -0.39 is 6.04 Å². The van der Waals surface area contributed by atoms with Gasteiger partial charge in [-0.3, -0.25) is 9.59 Å². The van der Waals surface area contributed by atoms with Crippen molar-refractivity contribution in [3.63, 3.8) is 0 Å². The highest BCUT2D eigenvalue weighted by molar-refractivity contribution is 6.31. The van der Waals surface area contributed by atoms with Gasteiger partial charge in [0.25, 0.3) is 5.91 Å². The fourth-order valence-corrected chi connectivity index (χ4v) is 3.69. The number of benzene rings is 3. The van der Waals surface area contributed by atoms with E-state index in [-0.39, 0.29) is 11.8 Å². The van der Waals surface area contributed by atoms with E-state index in [0.29, 0.717) is 22.7 Å². The molecule has 0 fully saturated rings. The van der Waals surface area contributed by atoms with Gasteiger partial charge in [-0.1, -0.05) is 66.2 Å². The van der Waals surface area contributed by atoms with Crippen molar-refractivity contribution in [2.24, 2.45) is 0 Å². The molecule has 0 saturated carbocycles. The number of halogens is 1. The van der Waals surface area contributed by atoms with Gasteiger partial charge in [-0.25, -0.2) is 0 Å². The fraction of sp³-hybridized carbons (Fsp3) is 0.130. The van der Waals surface area contributed by atoms with Crippen LogP contribution in [-0.4, -0.2) is 24.9 Å². The van der Waals surface area contributed by atoms with Gasteiger partial charge in [-0.15, -0.1) is 0 Å². The standard InChI is InChI=1S/C23H19ClN2O2/c1-26-21-11-10-18(24)14-19(21)22(27)25-20(23(26)28)13-15-6-5-9-17(12-15)16-7-3-2-4-8-16/h2-12,14,20H,13H2,1H3,(H,25,27). The quantitative estimate of drug-likeness (QED) is 0.723. The van der Waals surface area contributed by atoms with Gasteiger partial charge in [0, 0.05) is 18.5 Å². The minimum absolute atomic E-state index is 0.153. The normalized spacial score (nSPS) is 16.4. The predicted octanol–water partition coefficient (Wildman–Crippen LogP) is 4.32. The van der Waals surface area contributed by atoms with Crippen LogP contribution < -0.4 is 10.2 Å². The molecule has 1 atom stereocenters. The van der Waals surface area contributed by atoms with Crippen LogP contribution in [0, 0.1) is 0 Å². The smallest absolute Gasteiger partial charge is 0.254 e. The lowest BCUT2D eigenvalue weighted by Gasteiger charge is -2.21. The Morgan fingerprint density at radius 1 is 0.929 bits per heavy atom. The average molecular weight is 391 g/mol. The molecular weight excluding hydrogens is 372 g/mol. The number of anilines is 1. The molecule has 140 valence electrons.